The first-order chi connectivity index (χ1) is 10.4. The van der Waals surface area contributed by atoms with Crippen molar-refractivity contribution in [3.05, 3.63) is 53.2 Å². The average molecular weight is 302 g/mol. The lowest BCUT2D eigenvalue weighted by atomic mass is 9.94. The molecule has 0 spiro atoms. The summed E-state index contributed by atoms with van der Waals surface area (Å²) in [5.41, 5.74) is 1.20. The molecule has 2 atom stereocenters. The Kier molecular flexibility index (Phi) is 4.60. The van der Waals surface area contributed by atoms with Gasteiger partial charge in [0.15, 0.2) is 5.89 Å². The number of hydrogen-bond acceptors (Lipinski definition) is 4. The summed E-state index contributed by atoms with van der Waals surface area (Å²) in [4.78, 5) is 27.7. The van der Waals surface area contributed by atoms with Crippen LogP contribution in [0.5, 0.6) is 0 Å². The zero-order chi connectivity index (χ0) is 16.3. The van der Waals surface area contributed by atoms with Gasteiger partial charge in [0.1, 0.15) is 0 Å². The summed E-state index contributed by atoms with van der Waals surface area (Å²) in [6, 6.07) is 8.33. The van der Waals surface area contributed by atoms with E-state index in [1.807, 2.05) is 6.07 Å². The first-order valence-electron chi connectivity index (χ1n) is 6.92. The van der Waals surface area contributed by atoms with Crippen molar-refractivity contribution in [3.63, 3.8) is 0 Å². The van der Waals surface area contributed by atoms with Crippen LogP contribution in [0.4, 0.5) is 0 Å². The third kappa shape index (κ3) is 3.33. The number of aromatic nitrogens is 1. The predicted molar refractivity (Wildman–Crippen MR) is 79.4 cm³/mol. The van der Waals surface area contributed by atoms with E-state index in [0.29, 0.717) is 11.6 Å². The largest absolute Gasteiger partial charge is 0.481 e. The van der Waals surface area contributed by atoms with Gasteiger partial charge in [0.2, 0.25) is 5.76 Å². The van der Waals surface area contributed by atoms with Gasteiger partial charge in [-0.2, -0.15) is 0 Å². The molecule has 1 aromatic heterocycles. The molecule has 1 heterocycles. The summed E-state index contributed by atoms with van der Waals surface area (Å²) in [6.07, 6.45) is 0. The average Bonchev–Trinajstić information content (AvgIpc) is 2.83. The van der Waals surface area contributed by atoms with Crippen molar-refractivity contribution < 1.29 is 19.1 Å². The van der Waals surface area contributed by atoms with Gasteiger partial charge in [-0.1, -0.05) is 30.3 Å². The highest BCUT2D eigenvalue weighted by molar-refractivity contribution is 5.93. The molecule has 0 bridgehead atoms. The van der Waals surface area contributed by atoms with Crippen LogP contribution < -0.4 is 5.32 Å². The molecule has 2 N–H and O–H groups in total. The monoisotopic (exact) mass is 302 g/mol. The second-order valence-corrected chi connectivity index (χ2v) is 5.14. The summed E-state index contributed by atoms with van der Waals surface area (Å²) in [7, 11) is 0. The highest BCUT2D eigenvalue weighted by Gasteiger charge is 2.28. The van der Waals surface area contributed by atoms with Gasteiger partial charge in [0, 0.05) is 6.92 Å². The van der Waals surface area contributed by atoms with E-state index < -0.39 is 23.8 Å². The molecule has 0 aliphatic heterocycles. The zero-order valence-corrected chi connectivity index (χ0v) is 12.7. The second-order valence-electron chi connectivity index (χ2n) is 5.14. The first-order valence-corrected chi connectivity index (χ1v) is 6.92. The van der Waals surface area contributed by atoms with E-state index in [4.69, 9.17) is 4.42 Å². The number of aryl methyl sites for hydroxylation is 2. The van der Waals surface area contributed by atoms with Crippen LogP contribution in [-0.4, -0.2) is 22.0 Å². The Hall–Kier alpha value is -2.63. The van der Waals surface area contributed by atoms with Gasteiger partial charge in [-0.3, -0.25) is 9.59 Å². The minimum absolute atomic E-state index is 0.107. The van der Waals surface area contributed by atoms with Crippen LogP contribution in [-0.2, 0) is 4.79 Å². The van der Waals surface area contributed by atoms with Crippen molar-refractivity contribution in [2.75, 3.05) is 0 Å². The molecule has 2 aromatic rings. The van der Waals surface area contributed by atoms with Gasteiger partial charge in [-0.05, 0) is 19.4 Å². The second kappa shape index (κ2) is 6.43. The van der Waals surface area contributed by atoms with Crippen LogP contribution in [0.15, 0.2) is 34.7 Å². The molecule has 0 aliphatic rings. The molecule has 6 heteroatoms. The molecular weight excluding hydrogens is 284 g/mol. The highest BCUT2D eigenvalue weighted by atomic mass is 16.4. The van der Waals surface area contributed by atoms with Crippen LogP contribution in [0.1, 0.15) is 40.7 Å². The molecular formula is C16H18N2O4. The number of carboxylic acids is 1. The Bertz CT molecular complexity index is 679. The van der Waals surface area contributed by atoms with Gasteiger partial charge in [-0.25, -0.2) is 4.98 Å². The molecule has 22 heavy (non-hydrogen) atoms. The molecule has 6 nitrogen and oxygen atoms in total. The summed E-state index contributed by atoms with van der Waals surface area (Å²) in [5.74, 6) is -1.74. The number of carbonyl (C=O) groups is 2. The van der Waals surface area contributed by atoms with Gasteiger partial charge in [-0.15, -0.1) is 0 Å². The number of amides is 1. The summed E-state index contributed by atoms with van der Waals surface area (Å²) in [6.45, 7) is 4.88. The number of carbonyl (C=O) groups excluding carboxylic acids is 1. The van der Waals surface area contributed by atoms with E-state index in [1.54, 1.807) is 45.0 Å². The Labute approximate surface area is 128 Å². The van der Waals surface area contributed by atoms with Crippen LogP contribution in [0.25, 0.3) is 0 Å². The minimum Gasteiger partial charge on any atom is -0.481 e. The van der Waals surface area contributed by atoms with Crippen LogP contribution in [0.2, 0.25) is 0 Å². The van der Waals surface area contributed by atoms with E-state index in [2.05, 4.69) is 10.3 Å². The number of benzene rings is 1. The molecule has 2 unspecified atom stereocenters. The summed E-state index contributed by atoms with van der Waals surface area (Å²) in [5, 5.41) is 12.0. The molecule has 0 radical (unpaired) electrons. The molecule has 1 amide bonds. The fourth-order valence-corrected chi connectivity index (χ4v) is 2.25. The van der Waals surface area contributed by atoms with Crippen LogP contribution in [0, 0.1) is 19.8 Å². The standard InChI is InChI=1S/C16H18N2O4/c1-9(16(20)21)13(12-7-5-4-6-8-12)18-15(19)14-10(2)17-11(3)22-14/h4-9,13H,1-3H3,(H,18,19)(H,20,21). The van der Waals surface area contributed by atoms with Crippen molar-refractivity contribution in [2.24, 2.45) is 5.92 Å². The van der Waals surface area contributed by atoms with E-state index in [0.717, 1.165) is 5.56 Å². The van der Waals surface area contributed by atoms with Gasteiger partial charge in [0.25, 0.3) is 5.91 Å². The Morgan fingerprint density at radius 1 is 1.23 bits per heavy atom. The smallest absolute Gasteiger partial charge is 0.308 e. The molecule has 2 rings (SSSR count). The van der Waals surface area contributed by atoms with Gasteiger partial charge in [0.05, 0.1) is 17.7 Å². The number of oxazole rings is 1. The maximum absolute atomic E-state index is 12.4. The maximum Gasteiger partial charge on any atom is 0.308 e. The number of rotatable bonds is 5. The number of nitrogens with zero attached hydrogens (tertiary/aromatic N) is 1. The molecule has 0 saturated heterocycles. The lowest BCUT2D eigenvalue weighted by Gasteiger charge is -2.22. The highest BCUT2D eigenvalue weighted by Crippen LogP contribution is 2.23. The summed E-state index contributed by atoms with van der Waals surface area (Å²) >= 11 is 0. The molecule has 0 aliphatic carbocycles. The Balaban J connectivity index is 2.29. The van der Waals surface area contributed by atoms with Crippen molar-refractivity contribution in [2.45, 2.75) is 26.8 Å². The third-order valence-corrected chi connectivity index (χ3v) is 3.44. The van der Waals surface area contributed by atoms with Crippen molar-refractivity contribution in [1.29, 1.82) is 0 Å². The molecule has 0 saturated carbocycles. The van der Waals surface area contributed by atoms with E-state index >= 15 is 0 Å². The van der Waals surface area contributed by atoms with Crippen molar-refractivity contribution >= 4 is 11.9 Å². The number of hydrogen-bond donors (Lipinski definition) is 2. The lowest BCUT2D eigenvalue weighted by Crippen LogP contribution is -2.35. The summed E-state index contributed by atoms with van der Waals surface area (Å²) < 4.78 is 5.28. The fourth-order valence-electron chi connectivity index (χ4n) is 2.25. The lowest BCUT2D eigenvalue weighted by molar-refractivity contribution is -0.142. The number of carboxylic acid groups (broad SMARTS) is 1. The Morgan fingerprint density at radius 2 is 1.86 bits per heavy atom. The Morgan fingerprint density at radius 3 is 2.36 bits per heavy atom. The first kappa shape index (κ1) is 15.8. The fraction of sp³-hybridized carbons (Fsp3) is 0.312. The van der Waals surface area contributed by atoms with E-state index in [1.165, 1.54) is 0 Å². The SMILES string of the molecule is Cc1nc(C)c(C(=O)NC(c2ccccc2)C(C)C(=O)O)o1. The van der Waals surface area contributed by atoms with Gasteiger partial charge >= 0.3 is 5.97 Å². The third-order valence-electron chi connectivity index (χ3n) is 3.44. The van der Waals surface area contributed by atoms with Crippen molar-refractivity contribution in [1.82, 2.24) is 10.3 Å². The quantitative estimate of drug-likeness (QED) is 0.885. The minimum atomic E-state index is -0.986. The topological polar surface area (TPSA) is 92.4 Å². The predicted octanol–water partition coefficient (Wildman–Crippen LogP) is 2.48. The molecule has 0 fully saturated rings. The number of nitrogens with one attached hydrogen (secondary N) is 1. The van der Waals surface area contributed by atoms with Gasteiger partial charge < -0.3 is 14.8 Å². The van der Waals surface area contributed by atoms with Crippen LogP contribution in [0.3, 0.4) is 0 Å². The molecule has 1 aromatic carbocycles. The number of aliphatic carboxylic acids is 1. The van der Waals surface area contributed by atoms with E-state index in [-0.39, 0.29) is 5.76 Å². The maximum atomic E-state index is 12.4. The van der Waals surface area contributed by atoms with Crippen molar-refractivity contribution in [3.8, 4) is 0 Å². The van der Waals surface area contributed by atoms with Crippen LogP contribution >= 0.6 is 0 Å². The normalized spacial score (nSPS) is 13.4. The zero-order valence-electron chi connectivity index (χ0n) is 12.7. The van der Waals surface area contributed by atoms with E-state index in [9.17, 15) is 14.7 Å². The molecule has 116 valence electrons.